The van der Waals surface area contributed by atoms with Crippen molar-refractivity contribution < 1.29 is 4.79 Å². The third kappa shape index (κ3) is 2.35. The smallest absolute Gasteiger partial charge is 0.236 e. The van der Waals surface area contributed by atoms with Gasteiger partial charge in [-0.25, -0.2) is 0 Å². The summed E-state index contributed by atoms with van der Waals surface area (Å²) in [5.74, 6) is -0.291. The van der Waals surface area contributed by atoms with E-state index in [-0.39, 0.29) is 12.5 Å². The van der Waals surface area contributed by atoms with Crippen LogP contribution in [0.5, 0.6) is 0 Å². The molecule has 0 aliphatic heterocycles. The average molecular weight is 218 g/mol. The number of carbonyl (C=O) groups is 1. The van der Waals surface area contributed by atoms with Crippen molar-refractivity contribution in [1.82, 2.24) is 0 Å². The predicted octanol–water partition coefficient (Wildman–Crippen LogP) is 1.49. The molecule has 0 heterocycles. The minimum absolute atomic E-state index is 0.277. The molecule has 2 N–H and O–H groups in total. The van der Waals surface area contributed by atoms with E-state index < -0.39 is 0 Å². The maximum Gasteiger partial charge on any atom is 0.236 e. The number of nitrogens with two attached hydrogens (primary N) is 1. The van der Waals surface area contributed by atoms with Crippen LogP contribution in [-0.2, 0) is 17.6 Å². The van der Waals surface area contributed by atoms with Crippen LogP contribution >= 0.6 is 0 Å². The van der Waals surface area contributed by atoms with E-state index in [9.17, 15) is 4.79 Å². The van der Waals surface area contributed by atoms with E-state index in [1.54, 1.807) is 0 Å². The third-order valence-electron chi connectivity index (χ3n) is 3.17. The van der Waals surface area contributed by atoms with Gasteiger partial charge in [0.05, 0.1) is 6.54 Å². The van der Waals surface area contributed by atoms with Crippen LogP contribution in [0.2, 0.25) is 0 Å². The Balaban J connectivity index is 2.19. The zero-order valence-corrected chi connectivity index (χ0v) is 9.70. The summed E-state index contributed by atoms with van der Waals surface area (Å²) in [6.07, 6.45) is 4.92. The second-order valence-corrected chi connectivity index (χ2v) is 4.48. The number of rotatable bonds is 3. The van der Waals surface area contributed by atoms with E-state index in [0.717, 1.165) is 12.1 Å². The Morgan fingerprint density at radius 1 is 1.31 bits per heavy atom. The maximum atomic E-state index is 10.9. The van der Waals surface area contributed by atoms with Gasteiger partial charge in [0, 0.05) is 12.7 Å². The number of amides is 1. The Morgan fingerprint density at radius 3 is 2.69 bits per heavy atom. The molecule has 1 aromatic carbocycles. The summed E-state index contributed by atoms with van der Waals surface area (Å²) in [5, 5.41) is 0. The summed E-state index contributed by atoms with van der Waals surface area (Å²) in [5.41, 5.74) is 9.16. The van der Waals surface area contributed by atoms with Gasteiger partial charge in [0.25, 0.3) is 0 Å². The van der Waals surface area contributed by atoms with Crippen molar-refractivity contribution in [1.29, 1.82) is 0 Å². The minimum Gasteiger partial charge on any atom is -0.368 e. The van der Waals surface area contributed by atoms with E-state index in [1.807, 2.05) is 11.9 Å². The Labute approximate surface area is 96.2 Å². The van der Waals surface area contributed by atoms with E-state index in [0.29, 0.717) is 0 Å². The number of benzene rings is 1. The van der Waals surface area contributed by atoms with Gasteiger partial charge >= 0.3 is 0 Å². The molecule has 0 unspecified atom stereocenters. The van der Waals surface area contributed by atoms with Crippen LogP contribution < -0.4 is 10.6 Å². The second kappa shape index (κ2) is 4.56. The molecule has 0 spiro atoms. The number of carbonyl (C=O) groups excluding carboxylic acids is 1. The number of fused-ring (bicyclic) bond motifs is 1. The zero-order chi connectivity index (χ0) is 11.5. The quantitative estimate of drug-likeness (QED) is 0.835. The fourth-order valence-corrected chi connectivity index (χ4v) is 2.28. The molecule has 0 saturated heterocycles. The Kier molecular flexibility index (Phi) is 3.13. The third-order valence-corrected chi connectivity index (χ3v) is 3.17. The van der Waals surface area contributed by atoms with Crippen LogP contribution in [0.25, 0.3) is 0 Å². The van der Waals surface area contributed by atoms with Gasteiger partial charge in [-0.1, -0.05) is 6.07 Å². The minimum atomic E-state index is -0.291. The lowest BCUT2D eigenvalue weighted by molar-refractivity contribution is -0.116. The first-order valence-corrected chi connectivity index (χ1v) is 5.78. The molecule has 0 bridgehead atoms. The number of likely N-dealkylation sites (N-methyl/N-ethyl adjacent to an activating group) is 1. The van der Waals surface area contributed by atoms with Gasteiger partial charge in [-0.2, -0.15) is 0 Å². The lowest BCUT2D eigenvalue weighted by Crippen LogP contribution is -2.30. The summed E-state index contributed by atoms with van der Waals surface area (Å²) in [4.78, 5) is 12.8. The van der Waals surface area contributed by atoms with Crippen LogP contribution in [0.15, 0.2) is 18.2 Å². The zero-order valence-electron chi connectivity index (χ0n) is 9.70. The SMILES string of the molecule is CN(CC(N)=O)c1ccc2c(c1)CCCC2. The number of aryl methyl sites for hydroxylation is 2. The number of nitrogens with zero attached hydrogens (tertiary/aromatic N) is 1. The van der Waals surface area contributed by atoms with Gasteiger partial charge in [-0.05, 0) is 48.9 Å². The molecule has 1 aliphatic rings. The molecule has 2 rings (SSSR count). The lowest BCUT2D eigenvalue weighted by Gasteiger charge is -2.21. The van der Waals surface area contributed by atoms with Crippen LogP contribution in [0.4, 0.5) is 5.69 Å². The molecular weight excluding hydrogens is 200 g/mol. The highest BCUT2D eigenvalue weighted by molar-refractivity contribution is 5.79. The summed E-state index contributed by atoms with van der Waals surface area (Å²) in [6, 6.07) is 6.45. The van der Waals surface area contributed by atoms with Crippen molar-refractivity contribution in [2.75, 3.05) is 18.5 Å². The van der Waals surface area contributed by atoms with Crippen molar-refractivity contribution in [3.8, 4) is 0 Å². The van der Waals surface area contributed by atoms with Gasteiger partial charge in [-0.3, -0.25) is 4.79 Å². The van der Waals surface area contributed by atoms with Crippen molar-refractivity contribution in [2.45, 2.75) is 25.7 Å². The normalized spacial score (nSPS) is 14.3. The first-order chi connectivity index (χ1) is 7.66. The molecule has 0 radical (unpaired) electrons. The first-order valence-electron chi connectivity index (χ1n) is 5.78. The number of primary amides is 1. The predicted molar refractivity (Wildman–Crippen MR) is 65.5 cm³/mol. The summed E-state index contributed by atoms with van der Waals surface area (Å²) >= 11 is 0. The molecular formula is C13H18N2O. The highest BCUT2D eigenvalue weighted by atomic mass is 16.1. The van der Waals surface area contributed by atoms with Crippen LogP contribution in [0.1, 0.15) is 24.0 Å². The summed E-state index contributed by atoms with van der Waals surface area (Å²) in [7, 11) is 1.90. The van der Waals surface area contributed by atoms with Gasteiger partial charge in [0.1, 0.15) is 0 Å². The molecule has 0 aromatic heterocycles. The van der Waals surface area contributed by atoms with Crippen LogP contribution in [0, 0.1) is 0 Å². The van der Waals surface area contributed by atoms with Gasteiger partial charge in [0.15, 0.2) is 0 Å². The molecule has 1 aromatic rings. The van der Waals surface area contributed by atoms with E-state index in [4.69, 9.17) is 5.73 Å². The highest BCUT2D eigenvalue weighted by Gasteiger charge is 2.11. The molecule has 0 atom stereocenters. The first kappa shape index (κ1) is 11.0. The van der Waals surface area contributed by atoms with Crippen molar-refractivity contribution >= 4 is 11.6 Å². The molecule has 3 nitrogen and oxygen atoms in total. The molecule has 1 aliphatic carbocycles. The van der Waals surface area contributed by atoms with Gasteiger partial charge < -0.3 is 10.6 Å². The van der Waals surface area contributed by atoms with Crippen molar-refractivity contribution in [3.05, 3.63) is 29.3 Å². The van der Waals surface area contributed by atoms with Gasteiger partial charge in [-0.15, -0.1) is 0 Å². The topological polar surface area (TPSA) is 46.3 Å². The van der Waals surface area contributed by atoms with E-state index in [1.165, 1.54) is 30.4 Å². The fourth-order valence-electron chi connectivity index (χ4n) is 2.28. The monoisotopic (exact) mass is 218 g/mol. The Bertz CT molecular complexity index is 401. The number of anilines is 1. The largest absolute Gasteiger partial charge is 0.368 e. The summed E-state index contributed by atoms with van der Waals surface area (Å²) in [6.45, 7) is 0.277. The molecule has 0 fully saturated rings. The van der Waals surface area contributed by atoms with E-state index in [2.05, 4.69) is 18.2 Å². The molecule has 86 valence electrons. The highest BCUT2D eigenvalue weighted by Crippen LogP contribution is 2.25. The lowest BCUT2D eigenvalue weighted by atomic mass is 9.91. The molecule has 0 saturated carbocycles. The molecule has 3 heteroatoms. The van der Waals surface area contributed by atoms with Crippen molar-refractivity contribution in [3.63, 3.8) is 0 Å². The maximum absolute atomic E-state index is 10.9. The standard InChI is InChI=1S/C13H18N2O/c1-15(9-13(14)16)12-7-6-10-4-2-3-5-11(10)8-12/h6-8H,2-5,9H2,1H3,(H2,14,16). The molecule has 1 amide bonds. The average Bonchev–Trinajstić information content (AvgIpc) is 2.27. The van der Waals surface area contributed by atoms with Gasteiger partial charge in [0.2, 0.25) is 5.91 Å². The summed E-state index contributed by atoms with van der Waals surface area (Å²) < 4.78 is 0. The van der Waals surface area contributed by atoms with Crippen LogP contribution in [0.3, 0.4) is 0 Å². The number of hydrogen-bond acceptors (Lipinski definition) is 2. The van der Waals surface area contributed by atoms with Crippen LogP contribution in [-0.4, -0.2) is 19.5 Å². The fraction of sp³-hybridized carbons (Fsp3) is 0.462. The Morgan fingerprint density at radius 2 is 2.00 bits per heavy atom. The van der Waals surface area contributed by atoms with E-state index >= 15 is 0 Å². The second-order valence-electron chi connectivity index (χ2n) is 4.48. The Hall–Kier alpha value is -1.51. The number of hydrogen-bond donors (Lipinski definition) is 1. The van der Waals surface area contributed by atoms with Crippen molar-refractivity contribution in [2.24, 2.45) is 5.73 Å². The molecule has 16 heavy (non-hydrogen) atoms.